The second-order valence-corrected chi connectivity index (χ2v) is 5.65. The molecule has 0 radical (unpaired) electrons. The Hall–Kier alpha value is -1.94. The van der Waals surface area contributed by atoms with Crippen LogP contribution in [0.3, 0.4) is 0 Å². The predicted octanol–water partition coefficient (Wildman–Crippen LogP) is 2.28. The van der Waals surface area contributed by atoms with Gasteiger partial charge in [-0.05, 0) is 38.4 Å². The van der Waals surface area contributed by atoms with Gasteiger partial charge in [0.15, 0.2) is 0 Å². The molecule has 0 spiro atoms. The monoisotopic (exact) mass is 285 g/mol. The van der Waals surface area contributed by atoms with Gasteiger partial charge in [0.25, 0.3) is 0 Å². The maximum atomic E-state index is 12.1. The van der Waals surface area contributed by atoms with Gasteiger partial charge in [-0.1, -0.05) is 31.2 Å². The summed E-state index contributed by atoms with van der Waals surface area (Å²) in [5.74, 6) is 0.0255. The van der Waals surface area contributed by atoms with Gasteiger partial charge in [-0.3, -0.25) is 9.78 Å². The Morgan fingerprint density at radius 2 is 2.00 bits per heavy atom. The minimum Gasteiger partial charge on any atom is -0.354 e. The lowest BCUT2D eigenvalue weighted by Gasteiger charge is -2.24. The topological polar surface area (TPSA) is 54.0 Å². The molecule has 2 aromatic rings. The highest BCUT2D eigenvalue weighted by molar-refractivity contribution is 5.85. The van der Waals surface area contributed by atoms with Gasteiger partial charge in [0.05, 0.1) is 11.1 Å². The average Bonchev–Trinajstić information content (AvgIpc) is 2.47. The molecule has 0 aliphatic heterocycles. The van der Waals surface area contributed by atoms with Gasteiger partial charge < -0.3 is 10.6 Å². The summed E-state index contributed by atoms with van der Waals surface area (Å²) < 4.78 is 0. The summed E-state index contributed by atoms with van der Waals surface area (Å²) >= 11 is 0. The highest BCUT2D eigenvalue weighted by Gasteiger charge is 2.25. The standard InChI is InChI=1S/C17H23N3O/c1-4-20-17(2,3)16(21)19-12-10-14-8-5-7-13-9-6-11-18-15(13)14/h5-9,11,20H,4,10,12H2,1-3H3,(H,19,21). The van der Waals surface area contributed by atoms with Crippen LogP contribution in [0.1, 0.15) is 26.3 Å². The van der Waals surface area contributed by atoms with E-state index in [-0.39, 0.29) is 5.91 Å². The number of carbonyl (C=O) groups is 1. The summed E-state index contributed by atoms with van der Waals surface area (Å²) in [6.45, 7) is 7.17. The molecule has 112 valence electrons. The molecule has 1 amide bonds. The van der Waals surface area contributed by atoms with Crippen LogP contribution in [0.25, 0.3) is 10.9 Å². The van der Waals surface area contributed by atoms with Crippen LogP contribution in [0.5, 0.6) is 0 Å². The minimum absolute atomic E-state index is 0.0255. The highest BCUT2D eigenvalue weighted by Crippen LogP contribution is 2.16. The van der Waals surface area contributed by atoms with E-state index in [9.17, 15) is 4.79 Å². The molecule has 0 bridgehead atoms. The highest BCUT2D eigenvalue weighted by atomic mass is 16.2. The lowest BCUT2D eigenvalue weighted by molar-refractivity contribution is -0.126. The molecule has 4 nitrogen and oxygen atoms in total. The lowest BCUT2D eigenvalue weighted by Crippen LogP contribution is -2.52. The van der Waals surface area contributed by atoms with E-state index in [0.717, 1.165) is 29.4 Å². The molecule has 4 heteroatoms. The zero-order chi connectivity index (χ0) is 15.3. The average molecular weight is 285 g/mol. The van der Waals surface area contributed by atoms with E-state index in [4.69, 9.17) is 0 Å². The van der Waals surface area contributed by atoms with Crippen molar-refractivity contribution < 1.29 is 4.79 Å². The fourth-order valence-electron chi connectivity index (χ4n) is 2.42. The van der Waals surface area contributed by atoms with Crippen molar-refractivity contribution in [1.29, 1.82) is 0 Å². The van der Waals surface area contributed by atoms with E-state index in [2.05, 4.69) is 33.8 Å². The molecule has 0 aliphatic carbocycles. The Labute approximate surface area is 126 Å². The molecule has 2 N–H and O–H groups in total. The third-order valence-electron chi connectivity index (χ3n) is 3.58. The van der Waals surface area contributed by atoms with Crippen molar-refractivity contribution in [3.63, 3.8) is 0 Å². The van der Waals surface area contributed by atoms with Gasteiger partial charge in [0, 0.05) is 18.1 Å². The van der Waals surface area contributed by atoms with Crippen molar-refractivity contribution in [3.8, 4) is 0 Å². The molecular weight excluding hydrogens is 262 g/mol. The Kier molecular flexibility index (Phi) is 4.91. The molecule has 1 aromatic carbocycles. The van der Waals surface area contributed by atoms with Gasteiger partial charge in [-0.15, -0.1) is 0 Å². The molecule has 2 rings (SSSR count). The number of amides is 1. The van der Waals surface area contributed by atoms with Crippen LogP contribution >= 0.6 is 0 Å². The summed E-state index contributed by atoms with van der Waals surface area (Å²) in [4.78, 5) is 16.6. The second-order valence-electron chi connectivity index (χ2n) is 5.65. The van der Waals surface area contributed by atoms with E-state index >= 15 is 0 Å². The van der Waals surface area contributed by atoms with E-state index in [1.165, 1.54) is 0 Å². The SMILES string of the molecule is CCNC(C)(C)C(=O)NCCc1cccc2cccnc12. The third kappa shape index (κ3) is 3.79. The van der Waals surface area contributed by atoms with Crippen molar-refractivity contribution >= 4 is 16.8 Å². The van der Waals surface area contributed by atoms with Gasteiger partial charge in [-0.25, -0.2) is 0 Å². The van der Waals surface area contributed by atoms with Crippen LogP contribution in [0.15, 0.2) is 36.5 Å². The molecule has 21 heavy (non-hydrogen) atoms. The van der Waals surface area contributed by atoms with Gasteiger partial charge in [-0.2, -0.15) is 0 Å². The fourth-order valence-corrected chi connectivity index (χ4v) is 2.42. The Bertz CT molecular complexity index is 617. The number of carbonyl (C=O) groups excluding carboxylic acids is 1. The van der Waals surface area contributed by atoms with Gasteiger partial charge in [0.1, 0.15) is 0 Å². The Balaban J connectivity index is 1.98. The third-order valence-corrected chi connectivity index (χ3v) is 3.58. The molecule has 0 saturated carbocycles. The van der Waals surface area contributed by atoms with E-state index in [0.29, 0.717) is 6.54 Å². The molecule has 1 aromatic heterocycles. The first kappa shape index (κ1) is 15.4. The van der Waals surface area contributed by atoms with E-state index in [1.54, 1.807) is 6.20 Å². The van der Waals surface area contributed by atoms with Crippen LogP contribution in [0.4, 0.5) is 0 Å². The molecule has 0 saturated heterocycles. The van der Waals surface area contributed by atoms with Gasteiger partial charge >= 0.3 is 0 Å². The maximum absolute atomic E-state index is 12.1. The molecule has 0 aliphatic rings. The van der Waals surface area contributed by atoms with Crippen molar-refractivity contribution in [2.24, 2.45) is 0 Å². The first-order valence-corrected chi connectivity index (χ1v) is 7.40. The normalized spacial score (nSPS) is 11.6. The number of nitrogens with zero attached hydrogens (tertiary/aromatic N) is 1. The smallest absolute Gasteiger partial charge is 0.239 e. The number of aromatic nitrogens is 1. The number of fused-ring (bicyclic) bond motifs is 1. The minimum atomic E-state index is -0.536. The first-order chi connectivity index (χ1) is 10.0. The summed E-state index contributed by atoms with van der Waals surface area (Å²) in [6, 6.07) is 10.1. The summed E-state index contributed by atoms with van der Waals surface area (Å²) in [5.41, 5.74) is 1.64. The molecule has 1 heterocycles. The molecular formula is C17H23N3O. The second kappa shape index (κ2) is 6.68. The molecule has 0 unspecified atom stereocenters. The van der Waals surface area contributed by atoms with E-state index in [1.807, 2.05) is 32.9 Å². The number of rotatable bonds is 6. The summed E-state index contributed by atoms with van der Waals surface area (Å²) in [7, 11) is 0. The molecule has 0 atom stereocenters. The van der Waals surface area contributed by atoms with Crippen LogP contribution in [0.2, 0.25) is 0 Å². The van der Waals surface area contributed by atoms with Crippen LogP contribution < -0.4 is 10.6 Å². The number of nitrogens with one attached hydrogen (secondary N) is 2. The van der Waals surface area contributed by atoms with Crippen molar-refractivity contribution in [3.05, 3.63) is 42.1 Å². The van der Waals surface area contributed by atoms with Crippen molar-refractivity contribution in [1.82, 2.24) is 15.6 Å². The van der Waals surface area contributed by atoms with Crippen LogP contribution in [-0.4, -0.2) is 29.5 Å². The van der Waals surface area contributed by atoms with Crippen molar-refractivity contribution in [2.75, 3.05) is 13.1 Å². The van der Waals surface area contributed by atoms with Crippen LogP contribution in [0, 0.1) is 0 Å². The Morgan fingerprint density at radius 1 is 1.24 bits per heavy atom. The number of para-hydroxylation sites is 1. The van der Waals surface area contributed by atoms with Crippen LogP contribution in [-0.2, 0) is 11.2 Å². The number of hydrogen-bond donors (Lipinski definition) is 2. The summed E-state index contributed by atoms with van der Waals surface area (Å²) in [5, 5.41) is 7.30. The predicted molar refractivity (Wildman–Crippen MR) is 86.2 cm³/mol. The number of hydrogen-bond acceptors (Lipinski definition) is 3. The van der Waals surface area contributed by atoms with E-state index < -0.39 is 5.54 Å². The number of likely N-dealkylation sites (N-methyl/N-ethyl adjacent to an activating group) is 1. The quantitative estimate of drug-likeness (QED) is 0.856. The fraction of sp³-hybridized carbons (Fsp3) is 0.412. The maximum Gasteiger partial charge on any atom is 0.239 e. The zero-order valence-electron chi connectivity index (χ0n) is 12.9. The summed E-state index contributed by atoms with van der Waals surface area (Å²) in [6.07, 6.45) is 2.58. The number of pyridine rings is 1. The molecule has 0 fully saturated rings. The van der Waals surface area contributed by atoms with Crippen molar-refractivity contribution in [2.45, 2.75) is 32.7 Å². The largest absolute Gasteiger partial charge is 0.354 e. The zero-order valence-corrected chi connectivity index (χ0v) is 12.9. The number of benzene rings is 1. The first-order valence-electron chi connectivity index (χ1n) is 7.40. The Morgan fingerprint density at radius 3 is 2.76 bits per heavy atom. The lowest BCUT2D eigenvalue weighted by atomic mass is 10.0. The van der Waals surface area contributed by atoms with Gasteiger partial charge in [0.2, 0.25) is 5.91 Å².